The van der Waals surface area contributed by atoms with Gasteiger partial charge >= 0.3 is 6.18 Å². The fraction of sp³-hybridized carbons (Fsp3) is 0.111. The Balaban J connectivity index is 2.09. The van der Waals surface area contributed by atoms with Crippen LogP contribution in [0.2, 0.25) is 0 Å². The van der Waals surface area contributed by atoms with Gasteiger partial charge < -0.3 is 9.47 Å². The zero-order chi connectivity index (χ0) is 16.4. The first-order chi connectivity index (χ1) is 11.0. The van der Waals surface area contributed by atoms with Crippen LogP contribution in [0.15, 0.2) is 60.2 Å². The summed E-state index contributed by atoms with van der Waals surface area (Å²) in [6.45, 7) is 0. The first kappa shape index (κ1) is 15.2. The molecule has 23 heavy (non-hydrogen) atoms. The summed E-state index contributed by atoms with van der Waals surface area (Å²) in [5, 5.41) is 0. The van der Waals surface area contributed by atoms with E-state index in [1.807, 2.05) is 0 Å². The van der Waals surface area contributed by atoms with Gasteiger partial charge in [-0.05, 0) is 42.5 Å². The maximum atomic E-state index is 13.2. The largest absolute Gasteiger partial charge is 0.497 e. The van der Waals surface area contributed by atoms with Gasteiger partial charge in [0, 0.05) is 11.1 Å². The van der Waals surface area contributed by atoms with E-state index < -0.39 is 11.7 Å². The van der Waals surface area contributed by atoms with E-state index in [2.05, 4.69) is 0 Å². The summed E-state index contributed by atoms with van der Waals surface area (Å²) in [7, 11) is 1.52. The van der Waals surface area contributed by atoms with Crippen molar-refractivity contribution in [1.82, 2.24) is 0 Å². The lowest BCUT2D eigenvalue weighted by Crippen LogP contribution is -2.10. The molecule has 0 radical (unpaired) electrons. The van der Waals surface area contributed by atoms with Crippen molar-refractivity contribution in [3.8, 4) is 11.5 Å². The fourth-order valence-corrected chi connectivity index (χ4v) is 2.25. The number of halogens is 3. The van der Waals surface area contributed by atoms with Crippen LogP contribution in [-0.4, -0.2) is 13.3 Å². The molecule has 0 saturated heterocycles. The van der Waals surface area contributed by atoms with Crippen LogP contribution in [0.3, 0.4) is 0 Å². The van der Waals surface area contributed by atoms with Gasteiger partial charge in [0.2, 0.25) is 0 Å². The van der Waals surface area contributed by atoms with Crippen molar-refractivity contribution in [3.05, 3.63) is 71.3 Å². The van der Waals surface area contributed by atoms with Gasteiger partial charge in [-0.25, -0.2) is 0 Å². The van der Waals surface area contributed by atoms with Crippen LogP contribution in [0.1, 0.15) is 11.1 Å². The molecule has 0 spiro atoms. The number of rotatable bonds is 2. The zero-order valence-electron chi connectivity index (χ0n) is 12.2. The topological polar surface area (TPSA) is 18.5 Å². The lowest BCUT2D eigenvalue weighted by atomic mass is 10.1. The number of methoxy groups -OCH3 is 1. The minimum atomic E-state index is -4.46. The molecule has 0 amide bonds. The Labute approximate surface area is 131 Å². The van der Waals surface area contributed by atoms with Crippen LogP contribution in [0, 0.1) is 0 Å². The third kappa shape index (κ3) is 3.23. The van der Waals surface area contributed by atoms with Crippen LogP contribution in [0.25, 0.3) is 11.8 Å². The standard InChI is InChI=1S/C18H13F3O2/c1-22-15-8-6-12(7-9-15)17-11-14(18(19,20)21)10-13-4-2-3-5-16(13)23-17/h2-11H,1H3. The molecule has 2 aromatic carbocycles. The number of hydrogen-bond donors (Lipinski definition) is 0. The van der Waals surface area contributed by atoms with Crippen molar-refractivity contribution < 1.29 is 22.6 Å². The average molecular weight is 318 g/mol. The number of hydrogen-bond acceptors (Lipinski definition) is 2. The molecule has 118 valence electrons. The molecule has 1 aliphatic rings. The minimum absolute atomic E-state index is 0.140. The molecule has 0 bridgehead atoms. The Morgan fingerprint density at radius 3 is 2.26 bits per heavy atom. The fourth-order valence-electron chi connectivity index (χ4n) is 2.25. The van der Waals surface area contributed by atoms with Gasteiger partial charge in [0.25, 0.3) is 0 Å². The second-order valence-electron chi connectivity index (χ2n) is 4.97. The highest BCUT2D eigenvalue weighted by Crippen LogP contribution is 2.37. The van der Waals surface area contributed by atoms with Gasteiger partial charge in [-0.2, -0.15) is 13.2 Å². The summed E-state index contributed by atoms with van der Waals surface area (Å²) in [6, 6.07) is 13.3. The average Bonchev–Trinajstić information content (AvgIpc) is 2.74. The highest BCUT2D eigenvalue weighted by atomic mass is 19.4. The molecule has 0 fully saturated rings. The Hall–Kier alpha value is -2.69. The first-order valence-corrected chi connectivity index (χ1v) is 6.89. The Bertz CT molecular complexity index is 772. The molecule has 1 heterocycles. The number of para-hydroxylation sites is 1. The van der Waals surface area contributed by atoms with Gasteiger partial charge in [0.05, 0.1) is 12.7 Å². The Kier molecular flexibility index (Phi) is 3.86. The summed E-state index contributed by atoms with van der Waals surface area (Å²) < 4.78 is 50.5. The third-order valence-electron chi connectivity index (χ3n) is 3.44. The van der Waals surface area contributed by atoms with E-state index in [1.165, 1.54) is 7.11 Å². The van der Waals surface area contributed by atoms with E-state index in [0.717, 1.165) is 12.2 Å². The molecule has 0 aromatic heterocycles. The van der Waals surface area contributed by atoms with Crippen molar-refractivity contribution in [1.29, 1.82) is 0 Å². The van der Waals surface area contributed by atoms with Crippen molar-refractivity contribution in [2.24, 2.45) is 0 Å². The second-order valence-corrected chi connectivity index (χ2v) is 4.97. The van der Waals surface area contributed by atoms with Crippen LogP contribution < -0.4 is 9.47 Å². The van der Waals surface area contributed by atoms with Crippen LogP contribution in [0.4, 0.5) is 13.2 Å². The molecule has 0 saturated carbocycles. The summed E-state index contributed by atoms with van der Waals surface area (Å²) in [6.07, 6.45) is -2.35. The Morgan fingerprint density at radius 1 is 0.913 bits per heavy atom. The Morgan fingerprint density at radius 2 is 1.61 bits per heavy atom. The van der Waals surface area contributed by atoms with Crippen LogP contribution in [0.5, 0.6) is 11.5 Å². The molecule has 0 unspecified atom stereocenters. The van der Waals surface area contributed by atoms with Crippen molar-refractivity contribution in [2.75, 3.05) is 7.11 Å². The van der Waals surface area contributed by atoms with E-state index in [-0.39, 0.29) is 5.76 Å². The number of allylic oxidation sites excluding steroid dienone is 2. The summed E-state index contributed by atoms with van der Waals surface area (Å²) >= 11 is 0. The van der Waals surface area contributed by atoms with Gasteiger partial charge in [-0.1, -0.05) is 18.2 Å². The predicted octanol–water partition coefficient (Wildman–Crippen LogP) is 5.07. The van der Waals surface area contributed by atoms with E-state index in [9.17, 15) is 13.2 Å². The van der Waals surface area contributed by atoms with Gasteiger partial charge in [-0.3, -0.25) is 0 Å². The third-order valence-corrected chi connectivity index (χ3v) is 3.44. The molecule has 0 atom stereocenters. The lowest BCUT2D eigenvalue weighted by Gasteiger charge is -2.11. The minimum Gasteiger partial charge on any atom is -0.497 e. The normalized spacial score (nSPS) is 14.1. The van der Waals surface area contributed by atoms with Crippen LogP contribution >= 0.6 is 0 Å². The lowest BCUT2D eigenvalue weighted by molar-refractivity contribution is -0.0872. The van der Waals surface area contributed by atoms with Gasteiger partial charge in [0.15, 0.2) is 0 Å². The maximum absolute atomic E-state index is 13.2. The highest BCUT2D eigenvalue weighted by molar-refractivity contribution is 5.74. The van der Waals surface area contributed by atoms with E-state index in [0.29, 0.717) is 22.6 Å². The molecule has 0 aliphatic carbocycles. The molecule has 3 rings (SSSR count). The second kappa shape index (κ2) is 5.83. The van der Waals surface area contributed by atoms with Crippen LogP contribution in [-0.2, 0) is 0 Å². The molecule has 1 aliphatic heterocycles. The highest BCUT2D eigenvalue weighted by Gasteiger charge is 2.34. The molecular formula is C18H13F3O2. The van der Waals surface area contributed by atoms with Gasteiger partial charge in [-0.15, -0.1) is 0 Å². The molecule has 2 aromatic rings. The molecule has 0 N–H and O–H groups in total. The van der Waals surface area contributed by atoms with Gasteiger partial charge in [0.1, 0.15) is 17.3 Å². The molecule has 2 nitrogen and oxygen atoms in total. The monoisotopic (exact) mass is 318 g/mol. The predicted molar refractivity (Wildman–Crippen MR) is 82.1 cm³/mol. The van der Waals surface area contributed by atoms with E-state index >= 15 is 0 Å². The SMILES string of the molecule is COc1ccc(C2=CC(C(F)(F)F)=Cc3ccccc3O2)cc1. The van der Waals surface area contributed by atoms with Crippen molar-refractivity contribution in [3.63, 3.8) is 0 Å². The summed E-state index contributed by atoms with van der Waals surface area (Å²) in [4.78, 5) is 0. The number of ether oxygens (including phenoxy) is 2. The van der Waals surface area contributed by atoms with Crippen molar-refractivity contribution >= 4 is 11.8 Å². The number of alkyl halides is 3. The molecule has 5 heteroatoms. The first-order valence-electron chi connectivity index (χ1n) is 6.89. The van der Waals surface area contributed by atoms with Crippen molar-refractivity contribution in [2.45, 2.75) is 6.18 Å². The maximum Gasteiger partial charge on any atom is 0.416 e. The zero-order valence-corrected chi connectivity index (χ0v) is 12.2. The summed E-state index contributed by atoms with van der Waals surface area (Å²) in [5.74, 6) is 1.14. The number of fused-ring (bicyclic) bond motifs is 1. The quantitative estimate of drug-likeness (QED) is 0.769. The summed E-state index contributed by atoms with van der Waals surface area (Å²) in [5.41, 5.74) is 0.172. The smallest absolute Gasteiger partial charge is 0.416 e. The molecular weight excluding hydrogens is 305 g/mol. The van der Waals surface area contributed by atoms with E-state index in [4.69, 9.17) is 9.47 Å². The van der Waals surface area contributed by atoms with E-state index in [1.54, 1.807) is 48.5 Å². The number of benzene rings is 2.